The second kappa shape index (κ2) is 14.5. The number of benzene rings is 3. The molecule has 2 nitrogen and oxygen atoms in total. The van der Waals surface area contributed by atoms with Crippen molar-refractivity contribution in [3.8, 4) is 22.3 Å². The maximum Gasteiger partial charge on any atom is 0.176 e. The Balaban J connectivity index is 1.39. The number of allylic oxidation sites excluding steroid dienone is 1. The Bertz CT molecular complexity index is 1230. The summed E-state index contributed by atoms with van der Waals surface area (Å²) in [7, 11) is 0. The van der Waals surface area contributed by atoms with Gasteiger partial charge >= 0.3 is 0 Å². The van der Waals surface area contributed by atoms with Gasteiger partial charge in [0, 0.05) is 17.0 Å². The third-order valence-electron chi connectivity index (χ3n) is 7.46. The van der Waals surface area contributed by atoms with Crippen LogP contribution in [0.1, 0.15) is 75.8 Å². The summed E-state index contributed by atoms with van der Waals surface area (Å²) in [6.07, 6.45) is 11.9. The van der Waals surface area contributed by atoms with Crippen LogP contribution in [0.3, 0.4) is 0 Å². The molecule has 0 N–H and O–H groups in total. The Morgan fingerprint density at radius 1 is 0.744 bits per heavy atom. The van der Waals surface area contributed by atoms with Gasteiger partial charge in [-0.15, -0.1) is 0 Å². The number of halogens is 3. The van der Waals surface area contributed by atoms with Gasteiger partial charge in [-0.2, -0.15) is 0 Å². The lowest BCUT2D eigenvalue weighted by Crippen LogP contribution is -2.29. The van der Waals surface area contributed by atoms with Gasteiger partial charge in [0.05, 0.1) is 13.2 Å². The molecule has 4 rings (SSSR count). The SMILES string of the molecule is C/C=C/C1OCC(c2ccc(-c3ccc(-c4ccc(CCCCCCCCC)c(F)c4F)cc3)c(F)c2)CO1. The number of rotatable bonds is 12. The maximum absolute atomic E-state index is 15.1. The van der Waals surface area contributed by atoms with Crippen molar-refractivity contribution in [3.05, 3.63) is 95.3 Å². The van der Waals surface area contributed by atoms with E-state index in [0.717, 1.165) is 24.8 Å². The molecule has 1 aliphatic heterocycles. The van der Waals surface area contributed by atoms with E-state index in [1.165, 1.54) is 31.7 Å². The lowest BCUT2D eigenvalue weighted by Gasteiger charge is -2.28. The van der Waals surface area contributed by atoms with E-state index in [-0.39, 0.29) is 23.6 Å². The van der Waals surface area contributed by atoms with Crippen molar-refractivity contribution in [1.29, 1.82) is 0 Å². The molecule has 3 aromatic carbocycles. The van der Waals surface area contributed by atoms with Crippen molar-refractivity contribution in [1.82, 2.24) is 0 Å². The highest BCUT2D eigenvalue weighted by atomic mass is 19.2. The van der Waals surface area contributed by atoms with Crippen molar-refractivity contribution < 1.29 is 22.6 Å². The van der Waals surface area contributed by atoms with Crippen LogP contribution < -0.4 is 0 Å². The van der Waals surface area contributed by atoms with Crippen LogP contribution in [-0.4, -0.2) is 19.5 Å². The predicted molar refractivity (Wildman–Crippen MR) is 152 cm³/mol. The third kappa shape index (κ3) is 7.61. The van der Waals surface area contributed by atoms with Crippen LogP contribution in [0.4, 0.5) is 13.2 Å². The zero-order valence-electron chi connectivity index (χ0n) is 23.0. The number of aryl methyl sites for hydroxylation is 1. The van der Waals surface area contributed by atoms with Gasteiger partial charge in [-0.3, -0.25) is 0 Å². The fourth-order valence-electron chi connectivity index (χ4n) is 5.11. The van der Waals surface area contributed by atoms with E-state index in [0.29, 0.717) is 41.9 Å². The monoisotopic (exact) mass is 536 g/mol. The van der Waals surface area contributed by atoms with Crippen LogP contribution in [0.5, 0.6) is 0 Å². The molecule has 208 valence electrons. The number of hydrogen-bond acceptors (Lipinski definition) is 2. The molecule has 0 atom stereocenters. The van der Waals surface area contributed by atoms with Gasteiger partial charge in [0.2, 0.25) is 0 Å². The second-order valence-electron chi connectivity index (χ2n) is 10.3. The standard InChI is InChI=1S/C34H39F3O2/c1-3-5-6-7-8-9-10-12-26-17-20-30(34(37)33(26)36)25-15-13-24(14-16-25)29-19-18-27(21-31(29)35)28-22-38-32(11-4-2)39-23-28/h4,11,13-21,28,32H,3,5-10,12,22-23H2,1-2H3/b11-4+. The molecular weight excluding hydrogens is 497 g/mol. The quantitative estimate of drug-likeness (QED) is 0.169. The third-order valence-corrected chi connectivity index (χ3v) is 7.46. The highest BCUT2D eigenvalue weighted by Gasteiger charge is 2.23. The molecule has 0 saturated carbocycles. The average Bonchev–Trinajstić information content (AvgIpc) is 2.95. The normalized spacial score (nSPS) is 17.7. The topological polar surface area (TPSA) is 18.5 Å². The van der Waals surface area contributed by atoms with E-state index in [9.17, 15) is 8.78 Å². The summed E-state index contributed by atoms with van der Waals surface area (Å²) in [6.45, 7) is 5.02. The average molecular weight is 537 g/mol. The molecule has 0 spiro atoms. The van der Waals surface area contributed by atoms with Crippen LogP contribution in [0.25, 0.3) is 22.3 Å². The Morgan fingerprint density at radius 3 is 2.00 bits per heavy atom. The second-order valence-corrected chi connectivity index (χ2v) is 10.3. The molecule has 39 heavy (non-hydrogen) atoms. The predicted octanol–water partition coefficient (Wildman–Crippen LogP) is 9.76. The number of unbranched alkanes of at least 4 members (excludes halogenated alkanes) is 6. The minimum atomic E-state index is -0.827. The van der Waals surface area contributed by atoms with Crippen LogP contribution in [0.15, 0.2) is 66.7 Å². The molecule has 0 aliphatic carbocycles. The summed E-state index contributed by atoms with van der Waals surface area (Å²) < 4.78 is 56.2. The molecule has 0 radical (unpaired) electrons. The van der Waals surface area contributed by atoms with Gasteiger partial charge in [0.1, 0.15) is 5.82 Å². The highest BCUT2D eigenvalue weighted by molar-refractivity contribution is 5.71. The van der Waals surface area contributed by atoms with Crippen LogP contribution in [0, 0.1) is 17.5 Å². The van der Waals surface area contributed by atoms with E-state index >= 15 is 4.39 Å². The maximum atomic E-state index is 15.1. The molecule has 0 unspecified atom stereocenters. The molecule has 1 saturated heterocycles. The first-order valence-corrected chi connectivity index (χ1v) is 14.2. The van der Waals surface area contributed by atoms with E-state index < -0.39 is 11.6 Å². The highest BCUT2D eigenvalue weighted by Crippen LogP contribution is 2.32. The number of hydrogen-bond donors (Lipinski definition) is 0. The Hall–Kier alpha value is -2.89. The fraction of sp³-hybridized carbons (Fsp3) is 0.412. The fourth-order valence-corrected chi connectivity index (χ4v) is 5.11. The number of ether oxygens (including phenoxy) is 2. The van der Waals surface area contributed by atoms with Gasteiger partial charge in [0.25, 0.3) is 0 Å². The lowest BCUT2D eigenvalue weighted by molar-refractivity contribution is -0.159. The first kappa shape index (κ1) is 29.1. The summed E-state index contributed by atoms with van der Waals surface area (Å²) in [6, 6.07) is 15.4. The molecule has 3 aromatic rings. The van der Waals surface area contributed by atoms with Crippen molar-refractivity contribution in [3.63, 3.8) is 0 Å². The molecule has 1 aliphatic rings. The lowest BCUT2D eigenvalue weighted by atomic mass is 9.94. The Labute approximate surface area is 230 Å². The van der Waals surface area contributed by atoms with Gasteiger partial charge < -0.3 is 9.47 Å². The van der Waals surface area contributed by atoms with Crippen molar-refractivity contribution in [2.24, 2.45) is 0 Å². The summed E-state index contributed by atoms with van der Waals surface area (Å²) >= 11 is 0. The van der Waals surface area contributed by atoms with Gasteiger partial charge in [-0.1, -0.05) is 100 Å². The van der Waals surface area contributed by atoms with E-state index in [1.54, 1.807) is 42.5 Å². The molecule has 0 amide bonds. The smallest absolute Gasteiger partial charge is 0.176 e. The summed E-state index contributed by atoms with van der Waals surface area (Å²) in [5, 5.41) is 0. The zero-order chi connectivity index (χ0) is 27.6. The largest absolute Gasteiger partial charge is 0.348 e. The van der Waals surface area contributed by atoms with Crippen LogP contribution >= 0.6 is 0 Å². The first-order chi connectivity index (χ1) is 19.0. The molecular formula is C34H39F3O2. The van der Waals surface area contributed by atoms with Gasteiger partial charge in [-0.25, -0.2) is 13.2 Å². The Kier molecular flexibility index (Phi) is 10.8. The van der Waals surface area contributed by atoms with Gasteiger partial charge in [-0.05, 0) is 54.2 Å². The van der Waals surface area contributed by atoms with Gasteiger partial charge in [0.15, 0.2) is 17.9 Å². The summed E-state index contributed by atoms with van der Waals surface area (Å²) in [5.74, 6) is -1.98. The van der Waals surface area contributed by atoms with Crippen molar-refractivity contribution in [2.75, 3.05) is 13.2 Å². The molecule has 5 heteroatoms. The summed E-state index contributed by atoms with van der Waals surface area (Å²) in [5.41, 5.74) is 3.14. The van der Waals surface area contributed by atoms with E-state index in [2.05, 4.69) is 6.92 Å². The molecule has 0 aromatic heterocycles. The molecule has 1 fully saturated rings. The van der Waals surface area contributed by atoms with Crippen LogP contribution in [-0.2, 0) is 15.9 Å². The van der Waals surface area contributed by atoms with Crippen molar-refractivity contribution >= 4 is 0 Å². The molecule has 0 bridgehead atoms. The first-order valence-electron chi connectivity index (χ1n) is 14.2. The van der Waals surface area contributed by atoms with Crippen molar-refractivity contribution in [2.45, 2.75) is 77.4 Å². The summed E-state index contributed by atoms with van der Waals surface area (Å²) in [4.78, 5) is 0. The van der Waals surface area contributed by atoms with E-state index in [4.69, 9.17) is 9.47 Å². The Morgan fingerprint density at radius 2 is 1.36 bits per heavy atom. The van der Waals surface area contributed by atoms with E-state index in [1.807, 2.05) is 25.1 Å². The van der Waals surface area contributed by atoms with Crippen LogP contribution in [0.2, 0.25) is 0 Å². The minimum Gasteiger partial charge on any atom is -0.348 e. The zero-order valence-corrected chi connectivity index (χ0v) is 23.0. The molecule has 1 heterocycles. The minimum absolute atomic E-state index is 0.0379.